The molecule has 0 amide bonds. The summed E-state index contributed by atoms with van der Waals surface area (Å²) in [5, 5.41) is 0. The quantitative estimate of drug-likeness (QED) is 0.166. The molecule has 0 radical (unpaired) electrons. The van der Waals surface area contributed by atoms with Gasteiger partial charge in [0.05, 0.1) is 0 Å². The van der Waals surface area contributed by atoms with E-state index in [0.717, 1.165) is 11.1 Å². The van der Waals surface area contributed by atoms with Gasteiger partial charge in [-0.1, -0.05) is 121 Å². The van der Waals surface area contributed by atoms with Gasteiger partial charge in [0, 0.05) is 0 Å². The fraction of sp³-hybridized carbons (Fsp3) is 0.156. The molecular formula is C45H38N2O2. The Balaban J connectivity index is 1.11. The second-order valence-corrected chi connectivity index (χ2v) is 13.3. The highest BCUT2D eigenvalue weighted by atomic mass is 16.5. The van der Waals surface area contributed by atoms with E-state index < -0.39 is 5.41 Å². The molecule has 0 saturated heterocycles. The third-order valence-electron chi connectivity index (χ3n) is 9.48. The number of benzene rings is 6. The number of hydrogen-bond acceptors (Lipinski definition) is 4. The molecule has 6 aromatic carbocycles. The van der Waals surface area contributed by atoms with Crippen molar-refractivity contribution in [2.45, 2.75) is 25.9 Å². The molecule has 6 aromatic rings. The van der Waals surface area contributed by atoms with Crippen LogP contribution in [0.5, 0.6) is 0 Å². The average molecular weight is 639 g/mol. The average Bonchev–Trinajstić information content (AvgIpc) is 3.89. The molecule has 0 spiro atoms. The molecule has 4 nitrogen and oxygen atoms in total. The molecule has 0 fully saturated rings. The topological polar surface area (TPSA) is 43.2 Å². The zero-order valence-corrected chi connectivity index (χ0v) is 27.8. The first kappa shape index (κ1) is 30.6. The fourth-order valence-corrected chi connectivity index (χ4v) is 6.74. The van der Waals surface area contributed by atoms with E-state index in [1.54, 1.807) is 0 Å². The van der Waals surface area contributed by atoms with E-state index in [1.165, 1.54) is 44.5 Å². The lowest BCUT2D eigenvalue weighted by Gasteiger charge is -2.22. The molecule has 2 heterocycles. The molecule has 0 bridgehead atoms. The summed E-state index contributed by atoms with van der Waals surface area (Å²) in [6.45, 7) is 5.14. The summed E-state index contributed by atoms with van der Waals surface area (Å²) < 4.78 is 12.7. The maximum Gasteiger partial charge on any atom is 0.199 e. The Kier molecular flexibility index (Phi) is 8.14. The number of aliphatic imine (C=N–C) groups is 2. The van der Waals surface area contributed by atoms with E-state index >= 15 is 0 Å². The van der Waals surface area contributed by atoms with Gasteiger partial charge in [-0.15, -0.1) is 0 Å². The highest BCUT2D eigenvalue weighted by molar-refractivity contribution is 6.05. The summed E-state index contributed by atoms with van der Waals surface area (Å²) >= 11 is 0. The Hall–Kier alpha value is -5.74. The molecule has 0 N–H and O–H groups in total. The first-order valence-corrected chi connectivity index (χ1v) is 16.9. The lowest BCUT2D eigenvalue weighted by molar-refractivity contribution is 0.265. The third kappa shape index (κ3) is 6.30. The first-order chi connectivity index (χ1) is 24.0. The van der Waals surface area contributed by atoms with Gasteiger partial charge in [0.25, 0.3) is 0 Å². The highest BCUT2D eigenvalue weighted by Crippen LogP contribution is 2.39. The van der Waals surface area contributed by atoms with Gasteiger partial charge in [-0.2, -0.15) is 0 Å². The predicted molar refractivity (Wildman–Crippen MR) is 201 cm³/mol. The summed E-state index contributed by atoms with van der Waals surface area (Å²) in [5.74, 6) is 1.32. The van der Waals surface area contributed by atoms with E-state index in [0.29, 0.717) is 25.0 Å². The van der Waals surface area contributed by atoms with Gasteiger partial charge < -0.3 is 9.47 Å². The van der Waals surface area contributed by atoms with Crippen LogP contribution in [0, 0.1) is 5.41 Å². The van der Waals surface area contributed by atoms with Crippen LogP contribution in [0.25, 0.3) is 44.5 Å². The monoisotopic (exact) mass is 638 g/mol. The van der Waals surface area contributed by atoms with Crippen molar-refractivity contribution in [2.24, 2.45) is 15.4 Å². The zero-order valence-electron chi connectivity index (χ0n) is 27.8. The van der Waals surface area contributed by atoms with Crippen molar-refractivity contribution in [3.05, 3.63) is 169 Å². The predicted octanol–water partition coefficient (Wildman–Crippen LogP) is 11.0. The van der Waals surface area contributed by atoms with Crippen molar-refractivity contribution in [2.75, 3.05) is 13.2 Å². The van der Waals surface area contributed by atoms with E-state index in [9.17, 15) is 0 Å². The Bertz CT molecular complexity index is 1870. The molecule has 49 heavy (non-hydrogen) atoms. The highest BCUT2D eigenvalue weighted by Gasteiger charge is 2.42. The second-order valence-electron chi connectivity index (χ2n) is 13.3. The molecule has 0 aliphatic carbocycles. The van der Waals surface area contributed by atoms with Crippen molar-refractivity contribution < 1.29 is 9.47 Å². The molecular weight excluding hydrogens is 601 g/mol. The van der Waals surface area contributed by atoms with Crippen molar-refractivity contribution in [1.82, 2.24) is 0 Å². The number of hydrogen-bond donors (Lipinski definition) is 0. The molecule has 8 rings (SSSR count). The van der Waals surface area contributed by atoms with Crippen LogP contribution in [0.4, 0.5) is 0 Å². The van der Waals surface area contributed by atoms with Crippen LogP contribution >= 0.6 is 0 Å². The molecule has 4 heteroatoms. The van der Waals surface area contributed by atoms with Crippen molar-refractivity contribution in [3.8, 4) is 44.5 Å². The molecule has 240 valence electrons. The smallest absolute Gasteiger partial charge is 0.199 e. The van der Waals surface area contributed by atoms with Gasteiger partial charge in [0.1, 0.15) is 30.7 Å². The normalized spacial score (nSPS) is 17.2. The molecule has 2 aliphatic rings. The van der Waals surface area contributed by atoms with Crippen LogP contribution in [0.3, 0.4) is 0 Å². The van der Waals surface area contributed by atoms with Gasteiger partial charge in [0.2, 0.25) is 0 Å². The van der Waals surface area contributed by atoms with Crippen molar-refractivity contribution >= 4 is 11.8 Å². The van der Waals surface area contributed by atoms with Crippen LogP contribution in [0.1, 0.15) is 37.1 Å². The van der Waals surface area contributed by atoms with Crippen LogP contribution in [0.15, 0.2) is 168 Å². The molecule has 2 atom stereocenters. The molecule has 0 aromatic heterocycles. The lowest BCUT2D eigenvalue weighted by atomic mass is 9.92. The van der Waals surface area contributed by atoms with E-state index in [1.807, 2.05) is 0 Å². The molecule has 0 saturated carbocycles. The summed E-state index contributed by atoms with van der Waals surface area (Å²) in [6, 6.07) is 55.3. The summed E-state index contributed by atoms with van der Waals surface area (Å²) in [7, 11) is 0. The zero-order chi connectivity index (χ0) is 33.2. The summed E-state index contributed by atoms with van der Waals surface area (Å²) in [4.78, 5) is 10.4. The summed E-state index contributed by atoms with van der Waals surface area (Å²) in [6.07, 6.45) is 0. The van der Waals surface area contributed by atoms with E-state index in [4.69, 9.17) is 19.5 Å². The van der Waals surface area contributed by atoms with Gasteiger partial charge in [-0.05, 0) is 106 Å². The molecule has 0 unspecified atom stereocenters. The van der Waals surface area contributed by atoms with Gasteiger partial charge in [0.15, 0.2) is 11.8 Å². The van der Waals surface area contributed by atoms with Gasteiger partial charge in [-0.25, -0.2) is 9.98 Å². The Morgan fingerprint density at radius 1 is 0.408 bits per heavy atom. The third-order valence-corrected chi connectivity index (χ3v) is 9.48. The standard InChI is InChI=1S/C45H38N2O2/c1-45(2,43-46-41(29-48-43)39-25-35(31-15-7-3-8-16-31)23-36(26-39)32-17-9-4-10-18-32)44-47-42(30-49-44)40-27-37(33-19-11-5-12-20-33)24-38(28-40)34-21-13-6-14-22-34/h3-28,41-42H,29-30H2,1-2H3/t41-,42-/m1/s1. The van der Waals surface area contributed by atoms with Crippen LogP contribution in [0.2, 0.25) is 0 Å². The van der Waals surface area contributed by atoms with Crippen molar-refractivity contribution in [1.29, 1.82) is 0 Å². The number of nitrogens with zero attached hydrogens (tertiary/aromatic N) is 2. The van der Waals surface area contributed by atoms with Crippen molar-refractivity contribution in [3.63, 3.8) is 0 Å². The lowest BCUT2D eigenvalue weighted by Crippen LogP contribution is -2.34. The maximum atomic E-state index is 6.37. The van der Waals surface area contributed by atoms with Crippen LogP contribution < -0.4 is 0 Å². The molecule has 2 aliphatic heterocycles. The minimum Gasteiger partial charge on any atom is -0.478 e. The maximum absolute atomic E-state index is 6.37. The van der Waals surface area contributed by atoms with Crippen LogP contribution in [-0.4, -0.2) is 25.0 Å². The minimum absolute atomic E-state index is 0.130. The SMILES string of the molecule is CC(C)(C1=N[C@@H](c2cc(-c3ccccc3)cc(-c3ccccc3)c2)CO1)C1=N[C@@H](c2cc(-c3ccccc3)cc(-c3ccccc3)c2)CO1. The van der Waals surface area contributed by atoms with Gasteiger partial charge in [-0.3, -0.25) is 0 Å². The summed E-state index contributed by atoms with van der Waals surface area (Å²) in [5.41, 5.74) is 11.0. The fourth-order valence-electron chi connectivity index (χ4n) is 6.74. The van der Waals surface area contributed by atoms with Gasteiger partial charge >= 0.3 is 0 Å². The minimum atomic E-state index is -0.623. The number of rotatable bonds is 8. The Labute approximate surface area is 288 Å². The Morgan fingerprint density at radius 2 is 0.694 bits per heavy atom. The number of ether oxygens (including phenoxy) is 2. The Morgan fingerprint density at radius 3 is 0.980 bits per heavy atom. The van der Waals surface area contributed by atoms with E-state index in [-0.39, 0.29) is 12.1 Å². The second kappa shape index (κ2) is 13.0. The van der Waals surface area contributed by atoms with Crippen LogP contribution in [-0.2, 0) is 9.47 Å². The largest absolute Gasteiger partial charge is 0.478 e. The van der Waals surface area contributed by atoms with E-state index in [2.05, 4.69) is 172 Å². The first-order valence-electron chi connectivity index (χ1n) is 16.9.